The van der Waals surface area contributed by atoms with Crippen molar-refractivity contribution in [2.75, 3.05) is 45.3 Å². The number of benzene rings is 2. The highest BCUT2D eigenvalue weighted by atomic mass is 19.1. The molecule has 2 aromatic carbocycles. The number of methoxy groups -OCH3 is 2. The van der Waals surface area contributed by atoms with Crippen molar-refractivity contribution in [1.29, 1.82) is 0 Å². The summed E-state index contributed by atoms with van der Waals surface area (Å²) in [5.74, 6) is 1.82. The molecule has 1 aliphatic heterocycles. The molecule has 3 aromatic rings. The Kier molecular flexibility index (Phi) is 6.49. The highest BCUT2D eigenvalue weighted by Crippen LogP contribution is 2.31. The third-order valence-electron chi connectivity index (χ3n) is 5.55. The van der Waals surface area contributed by atoms with Crippen molar-refractivity contribution < 1.29 is 18.7 Å². The first-order valence-electron chi connectivity index (χ1n) is 10.4. The molecule has 0 radical (unpaired) electrons. The second-order valence-corrected chi connectivity index (χ2v) is 7.52. The minimum Gasteiger partial charge on any atom is -0.493 e. The lowest BCUT2D eigenvalue weighted by Gasteiger charge is -2.35. The molecule has 0 atom stereocenters. The normalized spacial score (nSPS) is 13.7. The van der Waals surface area contributed by atoms with E-state index in [9.17, 15) is 9.18 Å². The number of carbonyl (C=O) groups excluding carboxylic acids is 1. The molecule has 0 bridgehead atoms. The molecule has 2 heterocycles. The molecule has 4 rings (SSSR count). The monoisotopic (exact) mass is 436 g/mol. The highest BCUT2D eigenvalue weighted by Gasteiger charge is 2.22. The molecule has 0 spiro atoms. The van der Waals surface area contributed by atoms with Crippen LogP contribution in [0.2, 0.25) is 0 Å². The van der Waals surface area contributed by atoms with Gasteiger partial charge in [-0.1, -0.05) is 12.1 Å². The first-order valence-corrected chi connectivity index (χ1v) is 10.4. The maximum atomic E-state index is 13.0. The van der Waals surface area contributed by atoms with Crippen LogP contribution in [-0.2, 0) is 11.2 Å². The van der Waals surface area contributed by atoms with Crippen LogP contribution in [0.15, 0.2) is 54.6 Å². The van der Waals surface area contributed by atoms with Gasteiger partial charge in [0.05, 0.1) is 26.3 Å². The topological polar surface area (TPSA) is 67.8 Å². The number of aromatic nitrogens is 2. The van der Waals surface area contributed by atoms with Crippen LogP contribution in [0.4, 0.5) is 10.2 Å². The number of amides is 1. The number of nitrogens with zero attached hydrogens (tertiary/aromatic N) is 4. The zero-order valence-electron chi connectivity index (χ0n) is 18.1. The molecule has 1 fully saturated rings. The van der Waals surface area contributed by atoms with Gasteiger partial charge in [-0.25, -0.2) is 4.39 Å². The fourth-order valence-corrected chi connectivity index (χ4v) is 3.72. The number of halogens is 1. The first kappa shape index (κ1) is 21.5. The fourth-order valence-electron chi connectivity index (χ4n) is 3.72. The molecule has 0 N–H and O–H groups in total. The summed E-state index contributed by atoms with van der Waals surface area (Å²) in [6.45, 7) is 2.58. The highest BCUT2D eigenvalue weighted by molar-refractivity contribution is 5.79. The summed E-state index contributed by atoms with van der Waals surface area (Å²) in [6.07, 6.45) is 0.278. The van der Waals surface area contributed by atoms with Crippen molar-refractivity contribution in [2.45, 2.75) is 6.42 Å². The van der Waals surface area contributed by atoms with Gasteiger partial charge < -0.3 is 19.3 Å². The van der Waals surface area contributed by atoms with Crippen LogP contribution in [0, 0.1) is 5.82 Å². The van der Waals surface area contributed by atoms with E-state index in [1.54, 1.807) is 26.4 Å². The van der Waals surface area contributed by atoms with Gasteiger partial charge in [-0.05, 0) is 48.0 Å². The van der Waals surface area contributed by atoms with Gasteiger partial charge in [-0.3, -0.25) is 4.79 Å². The Morgan fingerprint density at radius 1 is 0.906 bits per heavy atom. The molecule has 0 saturated carbocycles. The van der Waals surface area contributed by atoms with Crippen LogP contribution < -0.4 is 14.4 Å². The molecule has 1 saturated heterocycles. The minimum absolute atomic E-state index is 0.0474. The second kappa shape index (κ2) is 9.64. The van der Waals surface area contributed by atoms with E-state index >= 15 is 0 Å². The number of ether oxygens (including phenoxy) is 2. The molecule has 166 valence electrons. The van der Waals surface area contributed by atoms with Crippen LogP contribution in [0.1, 0.15) is 5.56 Å². The van der Waals surface area contributed by atoms with E-state index < -0.39 is 0 Å². The molecule has 1 amide bonds. The molecular formula is C24H25FN4O3. The van der Waals surface area contributed by atoms with Crippen molar-refractivity contribution in [3.05, 3.63) is 66.0 Å². The fraction of sp³-hybridized carbons (Fsp3) is 0.292. The summed E-state index contributed by atoms with van der Waals surface area (Å²) in [4.78, 5) is 16.5. The Labute approximate surface area is 186 Å². The van der Waals surface area contributed by atoms with Gasteiger partial charge in [0.15, 0.2) is 17.3 Å². The number of piperazine rings is 1. The lowest BCUT2D eigenvalue weighted by Crippen LogP contribution is -2.49. The van der Waals surface area contributed by atoms with E-state index in [1.807, 2.05) is 35.2 Å². The van der Waals surface area contributed by atoms with Crippen molar-refractivity contribution in [3.63, 3.8) is 0 Å². The van der Waals surface area contributed by atoms with E-state index in [0.717, 1.165) is 22.6 Å². The zero-order chi connectivity index (χ0) is 22.5. The maximum absolute atomic E-state index is 13.0. The SMILES string of the molecule is COc1ccc(-c2ccc(N3CCN(C(=O)Cc4ccc(F)cc4)CC3)nn2)cc1OC. The van der Waals surface area contributed by atoms with E-state index in [1.165, 1.54) is 12.1 Å². The number of carbonyl (C=O) groups is 1. The Hall–Kier alpha value is -3.68. The Morgan fingerprint density at radius 2 is 1.62 bits per heavy atom. The summed E-state index contributed by atoms with van der Waals surface area (Å²) in [6, 6.07) is 15.6. The second-order valence-electron chi connectivity index (χ2n) is 7.52. The average molecular weight is 436 g/mol. The van der Waals surface area contributed by atoms with E-state index in [-0.39, 0.29) is 18.1 Å². The summed E-state index contributed by atoms with van der Waals surface area (Å²) < 4.78 is 23.7. The first-order chi connectivity index (χ1) is 15.6. The van der Waals surface area contributed by atoms with Crippen molar-refractivity contribution in [2.24, 2.45) is 0 Å². The number of hydrogen-bond acceptors (Lipinski definition) is 6. The van der Waals surface area contributed by atoms with Crippen molar-refractivity contribution in [3.8, 4) is 22.8 Å². The lowest BCUT2D eigenvalue weighted by atomic mass is 10.1. The van der Waals surface area contributed by atoms with Crippen LogP contribution in [0.3, 0.4) is 0 Å². The number of hydrogen-bond donors (Lipinski definition) is 0. The van der Waals surface area contributed by atoms with Gasteiger partial charge in [0.1, 0.15) is 5.82 Å². The standard InChI is InChI=1S/C24H25FN4O3/c1-31-21-9-5-18(16-22(21)32-2)20-8-10-23(27-26-20)28-11-13-29(14-12-28)24(30)15-17-3-6-19(25)7-4-17/h3-10,16H,11-15H2,1-2H3. The van der Waals surface area contributed by atoms with Gasteiger partial charge in [0, 0.05) is 31.7 Å². The summed E-state index contributed by atoms with van der Waals surface area (Å²) in [5, 5.41) is 8.76. The average Bonchev–Trinajstić information content (AvgIpc) is 2.85. The van der Waals surface area contributed by atoms with Crippen LogP contribution in [0.25, 0.3) is 11.3 Å². The largest absolute Gasteiger partial charge is 0.493 e. The van der Waals surface area contributed by atoms with Gasteiger partial charge >= 0.3 is 0 Å². The molecule has 8 heteroatoms. The van der Waals surface area contributed by atoms with Crippen molar-refractivity contribution >= 4 is 11.7 Å². The Morgan fingerprint density at radius 3 is 2.25 bits per heavy atom. The van der Waals surface area contributed by atoms with E-state index in [2.05, 4.69) is 15.1 Å². The van der Waals surface area contributed by atoms with E-state index in [0.29, 0.717) is 37.7 Å². The molecule has 32 heavy (non-hydrogen) atoms. The quantitative estimate of drug-likeness (QED) is 0.591. The lowest BCUT2D eigenvalue weighted by molar-refractivity contribution is -0.130. The van der Waals surface area contributed by atoms with Crippen molar-refractivity contribution in [1.82, 2.24) is 15.1 Å². The van der Waals surface area contributed by atoms with E-state index in [4.69, 9.17) is 9.47 Å². The molecular weight excluding hydrogens is 411 g/mol. The van der Waals surface area contributed by atoms with Gasteiger partial charge in [-0.15, -0.1) is 10.2 Å². The Balaban J connectivity index is 1.36. The van der Waals surface area contributed by atoms with Crippen LogP contribution >= 0.6 is 0 Å². The zero-order valence-corrected chi connectivity index (χ0v) is 18.1. The van der Waals surface area contributed by atoms with Gasteiger partial charge in [0.2, 0.25) is 5.91 Å². The van der Waals surface area contributed by atoms with Crippen LogP contribution in [0.5, 0.6) is 11.5 Å². The van der Waals surface area contributed by atoms with Gasteiger partial charge in [0.25, 0.3) is 0 Å². The van der Waals surface area contributed by atoms with Gasteiger partial charge in [-0.2, -0.15) is 0 Å². The predicted molar refractivity (Wildman–Crippen MR) is 119 cm³/mol. The van der Waals surface area contributed by atoms with Crippen LogP contribution in [-0.4, -0.2) is 61.4 Å². The number of rotatable bonds is 6. The smallest absolute Gasteiger partial charge is 0.227 e. The number of anilines is 1. The summed E-state index contributed by atoms with van der Waals surface area (Å²) >= 11 is 0. The summed E-state index contributed by atoms with van der Waals surface area (Å²) in [5.41, 5.74) is 2.44. The molecule has 1 aliphatic rings. The Bertz CT molecular complexity index is 1070. The molecule has 0 aliphatic carbocycles. The third kappa shape index (κ3) is 4.80. The molecule has 1 aromatic heterocycles. The maximum Gasteiger partial charge on any atom is 0.227 e. The summed E-state index contributed by atoms with van der Waals surface area (Å²) in [7, 11) is 3.20. The predicted octanol–water partition coefficient (Wildman–Crippen LogP) is 3.19. The third-order valence-corrected chi connectivity index (χ3v) is 5.55. The minimum atomic E-state index is -0.298. The molecule has 0 unspecified atom stereocenters. The molecule has 7 nitrogen and oxygen atoms in total.